The zero-order valence-electron chi connectivity index (χ0n) is 17.7. The number of halogens is 1. The van der Waals surface area contributed by atoms with Crippen molar-refractivity contribution in [3.05, 3.63) is 95.5 Å². The number of nitrogens with one attached hydrogen (secondary N) is 1. The van der Waals surface area contributed by atoms with Gasteiger partial charge in [0, 0.05) is 28.5 Å². The van der Waals surface area contributed by atoms with E-state index in [0.717, 1.165) is 26.7 Å². The van der Waals surface area contributed by atoms with Gasteiger partial charge < -0.3 is 15.0 Å². The van der Waals surface area contributed by atoms with Crippen LogP contribution in [0.5, 0.6) is 11.5 Å². The van der Waals surface area contributed by atoms with Crippen LogP contribution in [0.4, 0.5) is 11.4 Å². The molecule has 4 aromatic carbocycles. The van der Waals surface area contributed by atoms with Gasteiger partial charge in [0.25, 0.3) is 0 Å². The van der Waals surface area contributed by atoms with Crippen molar-refractivity contribution in [3.63, 3.8) is 0 Å². The normalized spacial score (nSPS) is 15.6. The number of carbonyl (C=O) groups excluding carboxylic acids is 2. The van der Waals surface area contributed by atoms with Crippen molar-refractivity contribution >= 4 is 49.9 Å². The Labute approximate surface area is 200 Å². The number of anilines is 2. The Bertz CT molecular complexity index is 1310. The van der Waals surface area contributed by atoms with Crippen molar-refractivity contribution in [2.75, 3.05) is 16.8 Å². The summed E-state index contributed by atoms with van der Waals surface area (Å²) in [6, 6.07) is 28.6. The summed E-state index contributed by atoms with van der Waals surface area (Å²) in [5.41, 5.74) is 1.52. The standard InChI is InChI=1S/C27H21BrN2O3/c28-20-8-12-22(13-9-20)33-23-14-10-21(11-15-23)29-27(32)19-16-26(31)30(17-19)25-7-3-5-18-4-1-2-6-24(18)25/h1-15,19H,16-17H2,(H,29,32)/t19-/m0/s1. The summed E-state index contributed by atoms with van der Waals surface area (Å²) in [6.07, 6.45) is 0.194. The number of ether oxygens (including phenoxy) is 1. The van der Waals surface area contributed by atoms with E-state index in [9.17, 15) is 9.59 Å². The molecule has 0 unspecified atom stereocenters. The zero-order valence-corrected chi connectivity index (χ0v) is 19.3. The molecule has 1 N–H and O–H groups in total. The van der Waals surface area contributed by atoms with E-state index in [0.29, 0.717) is 18.0 Å². The third-order valence-electron chi connectivity index (χ3n) is 5.72. The number of amides is 2. The average molecular weight is 501 g/mol. The average Bonchev–Trinajstić information content (AvgIpc) is 3.23. The van der Waals surface area contributed by atoms with Crippen LogP contribution in [0.2, 0.25) is 0 Å². The molecule has 0 radical (unpaired) electrons. The molecule has 33 heavy (non-hydrogen) atoms. The van der Waals surface area contributed by atoms with E-state index in [4.69, 9.17) is 4.74 Å². The largest absolute Gasteiger partial charge is 0.457 e. The number of nitrogens with zero attached hydrogens (tertiary/aromatic N) is 1. The fraction of sp³-hybridized carbons (Fsp3) is 0.111. The predicted molar refractivity (Wildman–Crippen MR) is 134 cm³/mol. The Morgan fingerprint density at radius 2 is 1.55 bits per heavy atom. The van der Waals surface area contributed by atoms with Crippen molar-refractivity contribution in [3.8, 4) is 11.5 Å². The molecule has 0 aliphatic carbocycles. The predicted octanol–water partition coefficient (Wildman–Crippen LogP) is 6.39. The third kappa shape index (κ3) is 4.61. The zero-order chi connectivity index (χ0) is 22.8. The highest BCUT2D eigenvalue weighted by molar-refractivity contribution is 9.10. The number of benzene rings is 4. The van der Waals surface area contributed by atoms with Gasteiger partial charge in [-0.2, -0.15) is 0 Å². The summed E-state index contributed by atoms with van der Waals surface area (Å²) in [5.74, 6) is 0.800. The van der Waals surface area contributed by atoms with Crippen molar-refractivity contribution in [1.82, 2.24) is 0 Å². The number of hydrogen-bond donors (Lipinski definition) is 1. The minimum atomic E-state index is -0.407. The molecule has 6 heteroatoms. The van der Waals surface area contributed by atoms with Gasteiger partial charge in [-0.15, -0.1) is 0 Å². The Morgan fingerprint density at radius 1 is 0.879 bits per heavy atom. The minimum Gasteiger partial charge on any atom is -0.457 e. The topological polar surface area (TPSA) is 58.6 Å². The van der Waals surface area contributed by atoms with Gasteiger partial charge in [-0.25, -0.2) is 0 Å². The first-order valence-electron chi connectivity index (χ1n) is 10.7. The van der Waals surface area contributed by atoms with Crippen LogP contribution in [0.1, 0.15) is 6.42 Å². The fourth-order valence-electron chi connectivity index (χ4n) is 4.05. The van der Waals surface area contributed by atoms with Crippen LogP contribution < -0.4 is 15.0 Å². The third-order valence-corrected chi connectivity index (χ3v) is 6.25. The van der Waals surface area contributed by atoms with Gasteiger partial charge in [-0.1, -0.05) is 52.3 Å². The number of rotatable bonds is 5. The van der Waals surface area contributed by atoms with Crippen LogP contribution in [0.25, 0.3) is 10.8 Å². The lowest BCUT2D eigenvalue weighted by Gasteiger charge is -2.19. The van der Waals surface area contributed by atoms with Crippen LogP contribution in [-0.2, 0) is 9.59 Å². The van der Waals surface area contributed by atoms with Crippen molar-refractivity contribution in [2.45, 2.75) is 6.42 Å². The highest BCUT2D eigenvalue weighted by Crippen LogP contribution is 2.32. The molecule has 1 aliphatic heterocycles. The number of fused-ring (bicyclic) bond motifs is 1. The summed E-state index contributed by atoms with van der Waals surface area (Å²) in [6.45, 7) is 0.365. The van der Waals surface area contributed by atoms with E-state index >= 15 is 0 Å². The quantitative estimate of drug-likeness (QED) is 0.345. The van der Waals surface area contributed by atoms with Crippen LogP contribution in [-0.4, -0.2) is 18.4 Å². The summed E-state index contributed by atoms with van der Waals surface area (Å²) >= 11 is 3.40. The van der Waals surface area contributed by atoms with Gasteiger partial charge >= 0.3 is 0 Å². The Morgan fingerprint density at radius 3 is 2.30 bits per heavy atom. The minimum absolute atomic E-state index is 0.0373. The first-order valence-corrected chi connectivity index (χ1v) is 11.5. The maximum Gasteiger partial charge on any atom is 0.229 e. The van der Waals surface area contributed by atoms with E-state index in [1.54, 1.807) is 29.2 Å². The SMILES string of the molecule is O=C(Nc1ccc(Oc2ccc(Br)cc2)cc1)[C@H]1CC(=O)N(c2cccc3ccccc23)C1. The van der Waals surface area contributed by atoms with Gasteiger partial charge in [0.05, 0.1) is 11.6 Å². The van der Waals surface area contributed by atoms with E-state index in [1.165, 1.54) is 0 Å². The van der Waals surface area contributed by atoms with Crippen LogP contribution >= 0.6 is 15.9 Å². The molecule has 5 rings (SSSR count). The van der Waals surface area contributed by atoms with Gasteiger partial charge in [-0.3, -0.25) is 9.59 Å². The van der Waals surface area contributed by atoms with E-state index < -0.39 is 5.92 Å². The van der Waals surface area contributed by atoms with Crippen molar-refractivity contribution < 1.29 is 14.3 Å². The lowest BCUT2D eigenvalue weighted by atomic mass is 10.1. The smallest absolute Gasteiger partial charge is 0.229 e. The molecular formula is C27H21BrN2O3. The van der Waals surface area contributed by atoms with E-state index in [2.05, 4.69) is 21.2 Å². The van der Waals surface area contributed by atoms with E-state index in [-0.39, 0.29) is 18.2 Å². The second kappa shape index (κ2) is 9.08. The summed E-state index contributed by atoms with van der Waals surface area (Å²) in [4.78, 5) is 27.4. The number of carbonyl (C=O) groups is 2. The van der Waals surface area contributed by atoms with Crippen molar-refractivity contribution in [1.29, 1.82) is 0 Å². The molecule has 164 valence electrons. The van der Waals surface area contributed by atoms with Crippen LogP contribution in [0.15, 0.2) is 95.5 Å². The monoisotopic (exact) mass is 500 g/mol. The molecule has 1 atom stereocenters. The molecule has 2 amide bonds. The van der Waals surface area contributed by atoms with Gasteiger partial charge in [0.1, 0.15) is 11.5 Å². The molecule has 1 saturated heterocycles. The van der Waals surface area contributed by atoms with Gasteiger partial charge in [-0.05, 0) is 60.0 Å². The number of hydrogen-bond acceptors (Lipinski definition) is 3. The highest BCUT2D eigenvalue weighted by Gasteiger charge is 2.35. The first kappa shape index (κ1) is 21.2. The van der Waals surface area contributed by atoms with Crippen LogP contribution in [0, 0.1) is 5.92 Å². The summed E-state index contributed by atoms with van der Waals surface area (Å²) < 4.78 is 6.80. The maximum absolute atomic E-state index is 12.9. The Balaban J connectivity index is 1.25. The van der Waals surface area contributed by atoms with Crippen molar-refractivity contribution in [2.24, 2.45) is 5.92 Å². The molecule has 0 saturated carbocycles. The fourth-order valence-corrected chi connectivity index (χ4v) is 4.31. The Kier molecular flexibility index (Phi) is 5.84. The molecular weight excluding hydrogens is 480 g/mol. The molecule has 1 heterocycles. The molecule has 5 nitrogen and oxygen atoms in total. The molecule has 0 aromatic heterocycles. The summed E-state index contributed by atoms with van der Waals surface area (Å²) in [7, 11) is 0. The van der Waals surface area contributed by atoms with E-state index in [1.807, 2.05) is 66.7 Å². The van der Waals surface area contributed by atoms with Crippen LogP contribution in [0.3, 0.4) is 0 Å². The highest BCUT2D eigenvalue weighted by atomic mass is 79.9. The second-order valence-corrected chi connectivity index (χ2v) is 8.89. The molecule has 1 fully saturated rings. The summed E-state index contributed by atoms with van der Waals surface area (Å²) in [5, 5.41) is 5.01. The van der Waals surface area contributed by atoms with Gasteiger partial charge in [0.15, 0.2) is 0 Å². The first-order chi connectivity index (χ1) is 16.1. The second-order valence-electron chi connectivity index (χ2n) is 7.97. The Hall–Kier alpha value is -3.64. The lowest BCUT2D eigenvalue weighted by Crippen LogP contribution is -2.28. The maximum atomic E-state index is 12.9. The molecule has 4 aromatic rings. The molecule has 0 bridgehead atoms. The molecule has 1 aliphatic rings. The lowest BCUT2D eigenvalue weighted by molar-refractivity contribution is -0.122. The van der Waals surface area contributed by atoms with Gasteiger partial charge in [0.2, 0.25) is 11.8 Å². The molecule has 0 spiro atoms.